The molecule has 0 radical (unpaired) electrons. The van der Waals surface area contributed by atoms with E-state index < -0.39 is 24.3 Å². The molecule has 2 unspecified atom stereocenters. The summed E-state index contributed by atoms with van der Waals surface area (Å²) in [5, 5.41) is 11.7. The van der Waals surface area contributed by atoms with Crippen molar-refractivity contribution in [3.8, 4) is 0 Å². The number of aliphatic carboxylic acids is 1. The van der Waals surface area contributed by atoms with Gasteiger partial charge in [-0.2, -0.15) is 0 Å². The molecule has 0 aromatic carbocycles. The molecule has 75 heavy (non-hydrogen) atoms. The zero-order valence-corrected chi connectivity index (χ0v) is 48.6. The van der Waals surface area contributed by atoms with Crippen molar-refractivity contribution in [1.82, 2.24) is 0 Å². The maximum absolute atomic E-state index is 12.8. The minimum atomic E-state index is -1.62. The maximum Gasteiger partial charge on any atom is 0.306 e. The summed E-state index contributed by atoms with van der Waals surface area (Å²) in [4.78, 5) is 37.2. The Balaban J connectivity index is 4.09. The van der Waals surface area contributed by atoms with Crippen molar-refractivity contribution in [3.05, 3.63) is 109 Å². The first-order valence-corrected chi connectivity index (χ1v) is 30.0. The van der Waals surface area contributed by atoms with Crippen LogP contribution in [-0.2, 0) is 33.3 Å². The van der Waals surface area contributed by atoms with Crippen LogP contribution in [0.4, 0.5) is 0 Å². The van der Waals surface area contributed by atoms with E-state index in [1.165, 1.54) is 96.3 Å². The number of rotatable bonds is 54. The number of carboxylic acids is 1. The molecule has 0 aliphatic rings. The van der Waals surface area contributed by atoms with E-state index >= 15 is 0 Å². The number of allylic oxidation sites excluding steroid dienone is 18. The second kappa shape index (κ2) is 56.2. The number of likely N-dealkylation sites (N-methyl/N-ethyl adjacent to an activating group) is 1. The lowest BCUT2D eigenvalue weighted by Crippen LogP contribution is -2.44. The minimum Gasteiger partial charge on any atom is -0.545 e. The number of nitrogens with zero attached hydrogens (tertiary/aromatic N) is 1. The predicted octanol–water partition coefficient (Wildman–Crippen LogP) is 16.6. The van der Waals surface area contributed by atoms with Crippen LogP contribution in [0.15, 0.2) is 109 Å². The van der Waals surface area contributed by atoms with E-state index in [-0.39, 0.29) is 32.2 Å². The Labute approximate surface area is 460 Å². The van der Waals surface area contributed by atoms with Gasteiger partial charge in [-0.05, 0) is 83.5 Å². The second-order valence-electron chi connectivity index (χ2n) is 20.9. The average molecular weight is 1050 g/mol. The molecule has 0 aliphatic heterocycles. The topological polar surface area (TPSA) is 111 Å². The number of carboxylic acid groups (broad SMARTS) is 1. The summed E-state index contributed by atoms with van der Waals surface area (Å²) in [5.41, 5.74) is 0. The Hall–Kier alpha value is -4.05. The van der Waals surface area contributed by atoms with Gasteiger partial charge in [-0.1, -0.05) is 245 Å². The molecule has 0 amide bonds. The Bertz CT molecular complexity index is 1590. The van der Waals surface area contributed by atoms with Crippen molar-refractivity contribution < 1.29 is 42.9 Å². The number of quaternary nitrogens is 1. The molecule has 0 N–H and O–H groups in total. The van der Waals surface area contributed by atoms with Gasteiger partial charge in [-0.25, -0.2) is 0 Å². The fourth-order valence-electron chi connectivity index (χ4n) is 7.94. The van der Waals surface area contributed by atoms with Crippen LogP contribution in [0, 0.1) is 0 Å². The van der Waals surface area contributed by atoms with E-state index in [0.717, 1.165) is 103 Å². The van der Waals surface area contributed by atoms with Gasteiger partial charge in [0.05, 0.1) is 40.3 Å². The molecule has 0 aromatic rings. The van der Waals surface area contributed by atoms with Gasteiger partial charge in [0.2, 0.25) is 0 Å². The van der Waals surface area contributed by atoms with Crippen molar-refractivity contribution in [3.63, 3.8) is 0 Å². The maximum atomic E-state index is 12.8. The lowest BCUT2D eigenvalue weighted by molar-refractivity contribution is -0.870. The number of esters is 2. The largest absolute Gasteiger partial charge is 0.545 e. The molecular weight excluding hydrogens is 935 g/mol. The van der Waals surface area contributed by atoms with E-state index in [0.29, 0.717) is 23.9 Å². The molecule has 0 heterocycles. The number of hydrogen-bond acceptors (Lipinski definition) is 8. The molecule has 0 fully saturated rings. The third-order valence-electron chi connectivity index (χ3n) is 12.5. The molecular formula is C66H111NO8. The first-order chi connectivity index (χ1) is 36.6. The van der Waals surface area contributed by atoms with Crippen LogP contribution in [0.2, 0.25) is 0 Å². The highest BCUT2D eigenvalue weighted by molar-refractivity contribution is 5.70. The standard InChI is InChI=1S/C66H111NO8/c1-6-8-10-12-14-16-18-19-20-21-22-23-24-25-26-27-28-29-30-31-32-33-34-35-36-37-38-39-40-41-42-43-44-45-47-49-51-53-55-57-64(69)75-62(61-74-66(65(70)71)72-59-58-67(3,4)5)60-73-63(68)56-54-52-50-48-46-17-15-13-11-9-7-2/h8,10,14,16,19-20,22-23,25-26,28-29,31-32,34-35,37-38,62,66H,6-7,9,11-13,15,17-18,21,24,27,30,33,36,39-61H2,1-5H3/b10-8-,16-14-,20-19-,23-22-,26-25-,29-28-,32-31-,35-34-,38-37-. The van der Waals surface area contributed by atoms with Gasteiger partial charge < -0.3 is 33.3 Å². The second-order valence-corrected chi connectivity index (χ2v) is 20.9. The molecule has 0 aromatic heterocycles. The monoisotopic (exact) mass is 1050 g/mol. The minimum absolute atomic E-state index is 0.144. The number of hydrogen-bond donors (Lipinski definition) is 0. The summed E-state index contributed by atoms with van der Waals surface area (Å²) >= 11 is 0. The Morgan fingerprint density at radius 3 is 1.13 bits per heavy atom. The molecule has 0 saturated carbocycles. The number of carbonyl (C=O) groups is 3. The van der Waals surface area contributed by atoms with Gasteiger partial charge in [0.15, 0.2) is 12.4 Å². The Kier molecular flexibility index (Phi) is 53.1. The van der Waals surface area contributed by atoms with Crippen molar-refractivity contribution in [2.45, 2.75) is 245 Å². The molecule has 0 bridgehead atoms. The van der Waals surface area contributed by atoms with Crippen molar-refractivity contribution in [1.29, 1.82) is 0 Å². The van der Waals surface area contributed by atoms with Gasteiger partial charge >= 0.3 is 11.9 Å². The third-order valence-corrected chi connectivity index (χ3v) is 12.5. The van der Waals surface area contributed by atoms with Gasteiger partial charge in [-0.15, -0.1) is 0 Å². The summed E-state index contributed by atoms with van der Waals surface area (Å²) < 4.78 is 22.6. The molecule has 0 saturated heterocycles. The van der Waals surface area contributed by atoms with Crippen LogP contribution in [0.1, 0.15) is 232 Å². The lowest BCUT2D eigenvalue weighted by Gasteiger charge is -2.26. The van der Waals surface area contributed by atoms with E-state index in [1.807, 2.05) is 21.1 Å². The highest BCUT2D eigenvalue weighted by Crippen LogP contribution is 2.15. The highest BCUT2D eigenvalue weighted by atomic mass is 16.7. The SMILES string of the molecule is CC/C=C\C/C=C\C/C=C\C/C=C\C/C=C\C/C=C\C/C=C\C/C=C\C/C=C\CCCCCCCCCCCCCC(=O)OC(COC(=O)CCCCCCCCCCCCC)COC(OCC[N+](C)(C)C)C(=O)[O-]. The quantitative estimate of drug-likeness (QED) is 0.0195. The van der Waals surface area contributed by atoms with Gasteiger partial charge in [0.1, 0.15) is 13.2 Å². The van der Waals surface area contributed by atoms with Crippen LogP contribution >= 0.6 is 0 Å². The van der Waals surface area contributed by atoms with E-state index in [2.05, 4.69) is 123 Å². The summed E-state index contributed by atoms with van der Waals surface area (Å²) in [7, 11) is 5.91. The normalized spacial score (nSPS) is 13.6. The Morgan fingerprint density at radius 2 is 0.760 bits per heavy atom. The molecule has 428 valence electrons. The average Bonchev–Trinajstić information content (AvgIpc) is 3.38. The third kappa shape index (κ3) is 57.5. The van der Waals surface area contributed by atoms with Crippen LogP contribution in [0.3, 0.4) is 0 Å². The van der Waals surface area contributed by atoms with Gasteiger partial charge in [0.25, 0.3) is 0 Å². The lowest BCUT2D eigenvalue weighted by atomic mass is 10.0. The smallest absolute Gasteiger partial charge is 0.306 e. The van der Waals surface area contributed by atoms with Crippen LogP contribution in [0.5, 0.6) is 0 Å². The zero-order valence-electron chi connectivity index (χ0n) is 48.6. The predicted molar refractivity (Wildman–Crippen MR) is 315 cm³/mol. The van der Waals surface area contributed by atoms with Crippen LogP contribution in [0.25, 0.3) is 0 Å². The first-order valence-electron chi connectivity index (χ1n) is 30.0. The Morgan fingerprint density at radius 1 is 0.413 bits per heavy atom. The molecule has 0 spiro atoms. The van der Waals surface area contributed by atoms with E-state index in [4.69, 9.17) is 18.9 Å². The first kappa shape index (κ1) is 71.0. The molecule has 9 heteroatoms. The number of ether oxygens (including phenoxy) is 4. The molecule has 0 aliphatic carbocycles. The zero-order chi connectivity index (χ0) is 54.8. The number of unbranched alkanes of at least 4 members (excludes halogenated alkanes) is 21. The van der Waals surface area contributed by atoms with Crippen LogP contribution in [-0.4, -0.2) is 82.3 Å². The summed E-state index contributed by atoms with van der Waals surface area (Å²) in [6.45, 7) is 4.61. The van der Waals surface area contributed by atoms with Crippen molar-refractivity contribution in [2.75, 3.05) is 47.5 Å². The highest BCUT2D eigenvalue weighted by Gasteiger charge is 2.22. The summed E-state index contributed by atoms with van der Waals surface area (Å²) in [6, 6.07) is 0. The van der Waals surface area contributed by atoms with Crippen LogP contribution < -0.4 is 5.11 Å². The van der Waals surface area contributed by atoms with Gasteiger partial charge in [0, 0.05) is 12.8 Å². The van der Waals surface area contributed by atoms with E-state index in [1.54, 1.807) is 0 Å². The fraction of sp³-hybridized carbons (Fsp3) is 0.682. The molecule has 2 atom stereocenters. The summed E-state index contributed by atoms with van der Waals surface area (Å²) in [6.07, 6.45) is 74.4. The molecule has 0 rings (SSSR count). The van der Waals surface area contributed by atoms with Crippen molar-refractivity contribution in [2.24, 2.45) is 0 Å². The molecule has 9 nitrogen and oxygen atoms in total. The fourth-order valence-corrected chi connectivity index (χ4v) is 7.94. The van der Waals surface area contributed by atoms with Crippen molar-refractivity contribution >= 4 is 17.9 Å². The summed E-state index contributed by atoms with van der Waals surface area (Å²) in [5.74, 6) is -2.29. The number of carbonyl (C=O) groups excluding carboxylic acids is 3. The van der Waals surface area contributed by atoms with E-state index in [9.17, 15) is 19.5 Å². The van der Waals surface area contributed by atoms with Gasteiger partial charge in [-0.3, -0.25) is 9.59 Å².